The van der Waals surface area contributed by atoms with Crippen molar-refractivity contribution in [3.63, 3.8) is 0 Å². The Hall–Kier alpha value is -0.420. The fourth-order valence-electron chi connectivity index (χ4n) is 2.23. The van der Waals surface area contributed by atoms with Crippen LogP contribution in [0.5, 0.6) is 0 Å². The summed E-state index contributed by atoms with van der Waals surface area (Å²) in [5, 5.41) is 4.25. The predicted octanol–water partition coefficient (Wildman–Crippen LogP) is 7.29. The summed E-state index contributed by atoms with van der Waals surface area (Å²) in [6.07, 6.45) is 0. The van der Waals surface area contributed by atoms with Crippen molar-refractivity contribution < 1.29 is 0 Å². The molecular weight excluding hydrogens is 416 g/mol. The van der Waals surface area contributed by atoms with E-state index in [-0.39, 0.29) is 0 Å². The van der Waals surface area contributed by atoms with Gasteiger partial charge in [-0.3, -0.25) is 0 Å². The van der Waals surface area contributed by atoms with Crippen molar-refractivity contribution in [2.24, 2.45) is 0 Å². The minimum atomic E-state index is 1.19. The maximum absolute atomic E-state index is 3.67. The number of hydrogen-bond donors (Lipinski definition) is 0. The van der Waals surface area contributed by atoms with E-state index in [2.05, 4.69) is 80.7 Å². The highest BCUT2D eigenvalue weighted by molar-refractivity contribution is 9.11. The molecule has 2 aromatic heterocycles. The number of aryl methyl sites for hydroxylation is 2. The second-order valence-electron chi connectivity index (χ2n) is 4.70. The van der Waals surface area contributed by atoms with Crippen molar-refractivity contribution in [3.05, 3.63) is 53.7 Å². The Morgan fingerprint density at radius 1 is 0.700 bits per heavy atom. The van der Waals surface area contributed by atoms with Crippen LogP contribution in [0.2, 0.25) is 0 Å². The van der Waals surface area contributed by atoms with Crippen molar-refractivity contribution >= 4 is 54.5 Å². The van der Waals surface area contributed by atoms with Gasteiger partial charge >= 0.3 is 0 Å². The Morgan fingerprint density at radius 3 is 1.40 bits per heavy atom. The quantitative estimate of drug-likeness (QED) is 0.402. The summed E-state index contributed by atoms with van der Waals surface area (Å²) >= 11 is 10.8. The van der Waals surface area contributed by atoms with Gasteiger partial charge in [0.1, 0.15) is 0 Å². The fraction of sp³-hybridized carbons (Fsp3) is 0.125. The van der Waals surface area contributed by atoms with Crippen LogP contribution in [0.25, 0.3) is 22.3 Å². The third-order valence-corrected chi connectivity index (χ3v) is 6.82. The molecule has 0 aliphatic rings. The summed E-state index contributed by atoms with van der Waals surface area (Å²) in [5.41, 5.74) is 7.78. The minimum Gasteiger partial charge on any atom is -0.136 e. The van der Waals surface area contributed by atoms with Gasteiger partial charge in [0.05, 0.1) is 7.57 Å². The molecule has 0 spiro atoms. The van der Waals surface area contributed by atoms with Crippen LogP contribution >= 0.6 is 54.5 Å². The lowest BCUT2D eigenvalue weighted by atomic mass is 9.93. The zero-order valence-corrected chi connectivity index (χ0v) is 15.8. The lowest BCUT2D eigenvalue weighted by molar-refractivity contribution is 1.34. The van der Waals surface area contributed by atoms with Crippen molar-refractivity contribution in [2.75, 3.05) is 0 Å². The smallest absolute Gasteiger partial charge is 0.0776 e. The van der Waals surface area contributed by atoms with Crippen LogP contribution in [-0.4, -0.2) is 0 Å². The van der Waals surface area contributed by atoms with Gasteiger partial charge in [-0.2, -0.15) is 0 Å². The first kappa shape index (κ1) is 14.5. The van der Waals surface area contributed by atoms with Gasteiger partial charge in [0, 0.05) is 11.1 Å². The van der Waals surface area contributed by atoms with E-state index in [1.54, 1.807) is 22.7 Å². The molecular formula is C16H12Br2S2. The first-order valence-corrected chi connectivity index (χ1v) is 9.50. The molecule has 0 aliphatic carbocycles. The third kappa shape index (κ3) is 2.54. The Balaban J connectivity index is 2.31. The van der Waals surface area contributed by atoms with Gasteiger partial charge in [-0.15, -0.1) is 22.7 Å². The van der Waals surface area contributed by atoms with Crippen LogP contribution in [-0.2, 0) is 0 Å². The maximum atomic E-state index is 3.67. The largest absolute Gasteiger partial charge is 0.136 e. The molecule has 3 rings (SSSR count). The normalized spacial score (nSPS) is 11.0. The second kappa shape index (κ2) is 5.76. The van der Waals surface area contributed by atoms with Crippen LogP contribution < -0.4 is 0 Å². The zero-order valence-electron chi connectivity index (χ0n) is 11.0. The van der Waals surface area contributed by atoms with Gasteiger partial charge in [-0.1, -0.05) is 12.1 Å². The molecule has 0 amide bonds. The first-order valence-electron chi connectivity index (χ1n) is 6.16. The Bertz CT molecular complexity index is 703. The third-order valence-electron chi connectivity index (χ3n) is 3.45. The summed E-state index contributed by atoms with van der Waals surface area (Å²) in [6.45, 7) is 4.34. The predicted molar refractivity (Wildman–Crippen MR) is 97.9 cm³/mol. The van der Waals surface area contributed by atoms with Gasteiger partial charge in [-0.05, 0) is 90.9 Å². The molecule has 4 heteroatoms. The van der Waals surface area contributed by atoms with E-state index >= 15 is 0 Å². The van der Waals surface area contributed by atoms with E-state index in [0.717, 1.165) is 0 Å². The number of rotatable bonds is 2. The fourth-order valence-corrected chi connectivity index (χ4v) is 4.83. The molecule has 102 valence electrons. The summed E-state index contributed by atoms with van der Waals surface area (Å²) in [7, 11) is 0. The summed E-state index contributed by atoms with van der Waals surface area (Å²) < 4.78 is 2.38. The van der Waals surface area contributed by atoms with Crippen molar-refractivity contribution in [2.45, 2.75) is 13.8 Å². The highest BCUT2D eigenvalue weighted by Crippen LogP contribution is 2.43. The Morgan fingerprint density at radius 2 is 1.10 bits per heavy atom. The molecule has 0 unspecified atom stereocenters. The topological polar surface area (TPSA) is 0 Å². The van der Waals surface area contributed by atoms with Crippen LogP contribution in [0.3, 0.4) is 0 Å². The Kier molecular flexibility index (Phi) is 4.18. The number of hydrogen-bond acceptors (Lipinski definition) is 2. The summed E-state index contributed by atoms with van der Waals surface area (Å²) in [6, 6.07) is 8.95. The molecule has 0 radical (unpaired) electrons. The zero-order chi connectivity index (χ0) is 14.3. The van der Waals surface area contributed by atoms with Crippen LogP contribution in [0, 0.1) is 13.8 Å². The molecule has 0 atom stereocenters. The van der Waals surface area contributed by atoms with E-state index < -0.39 is 0 Å². The molecule has 0 nitrogen and oxygen atoms in total. The summed E-state index contributed by atoms with van der Waals surface area (Å²) in [4.78, 5) is 0. The SMILES string of the molecule is Cc1cc(-c2ccsc2Br)c(-c2ccsc2Br)cc1C. The maximum Gasteiger partial charge on any atom is 0.0776 e. The molecule has 3 aromatic rings. The molecule has 0 aliphatic heterocycles. The van der Waals surface area contributed by atoms with Crippen LogP contribution in [0.1, 0.15) is 11.1 Å². The molecule has 20 heavy (non-hydrogen) atoms. The van der Waals surface area contributed by atoms with E-state index in [0.29, 0.717) is 0 Å². The van der Waals surface area contributed by atoms with Crippen LogP contribution in [0.4, 0.5) is 0 Å². The van der Waals surface area contributed by atoms with Gasteiger partial charge in [0.2, 0.25) is 0 Å². The van der Waals surface area contributed by atoms with Crippen molar-refractivity contribution in [1.29, 1.82) is 0 Å². The lowest BCUT2D eigenvalue weighted by Gasteiger charge is -2.12. The molecule has 2 heterocycles. The van der Waals surface area contributed by atoms with Crippen molar-refractivity contribution in [3.8, 4) is 22.3 Å². The van der Waals surface area contributed by atoms with Gasteiger partial charge in [0.25, 0.3) is 0 Å². The van der Waals surface area contributed by atoms with E-state index in [4.69, 9.17) is 0 Å². The second-order valence-corrected chi connectivity index (χ2v) is 9.17. The Labute approximate surface area is 143 Å². The van der Waals surface area contributed by atoms with E-state index in [1.165, 1.54) is 41.0 Å². The molecule has 1 aromatic carbocycles. The highest BCUT2D eigenvalue weighted by atomic mass is 79.9. The molecule has 0 fully saturated rings. The number of benzene rings is 1. The minimum absolute atomic E-state index is 1.19. The van der Waals surface area contributed by atoms with E-state index in [9.17, 15) is 0 Å². The lowest BCUT2D eigenvalue weighted by Crippen LogP contribution is -1.89. The molecule has 0 saturated carbocycles. The van der Waals surface area contributed by atoms with Gasteiger partial charge in [0.15, 0.2) is 0 Å². The van der Waals surface area contributed by atoms with Crippen LogP contribution in [0.15, 0.2) is 42.6 Å². The van der Waals surface area contributed by atoms with Crippen molar-refractivity contribution in [1.82, 2.24) is 0 Å². The van der Waals surface area contributed by atoms with E-state index in [1.807, 2.05) is 0 Å². The average Bonchev–Trinajstić information content (AvgIpc) is 3.01. The standard InChI is InChI=1S/C16H12Br2S2/c1-9-7-13(11-3-5-19-15(11)17)14(8-10(9)2)12-4-6-20-16(12)18/h3-8H,1-2H3. The monoisotopic (exact) mass is 426 g/mol. The number of halogens is 2. The number of thiophene rings is 2. The first-order chi connectivity index (χ1) is 9.58. The molecule has 0 N–H and O–H groups in total. The highest BCUT2D eigenvalue weighted by Gasteiger charge is 2.15. The molecule has 0 saturated heterocycles. The van der Waals surface area contributed by atoms with Gasteiger partial charge in [-0.25, -0.2) is 0 Å². The van der Waals surface area contributed by atoms with Gasteiger partial charge < -0.3 is 0 Å². The molecule has 0 bridgehead atoms. The average molecular weight is 428 g/mol. The summed E-state index contributed by atoms with van der Waals surface area (Å²) in [5.74, 6) is 0.